The summed E-state index contributed by atoms with van der Waals surface area (Å²) >= 11 is 1.50. The van der Waals surface area contributed by atoms with Crippen molar-refractivity contribution in [2.24, 2.45) is 0 Å². The van der Waals surface area contributed by atoms with Crippen LogP contribution in [0.25, 0.3) is 0 Å². The van der Waals surface area contributed by atoms with Crippen LogP contribution in [0.5, 0.6) is 0 Å². The molecular weight excluding hydrogens is 311 g/mol. The largest absolute Gasteiger partial charge is 0.324 e. The lowest BCUT2D eigenvalue weighted by atomic mass is 10.1. The lowest BCUT2D eigenvalue weighted by Gasteiger charge is -2.07. The number of para-hydroxylation sites is 1. The standard InChI is InChI=1S/C17H17FN4S/c1-2-13-5-3-4-6-15(13)19-16-20-17(22-21-16)23-11-12-7-9-14(18)10-8-12/h3-10H,2,11H2,1H3,(H2,19,20,21,22). The molecule has 1 aromatic heterocycles. The monoisotopic (exact) mass is 328 g/mol. The van der Waals surface area contributed by atoms with Crippen molar-refractivity contribution in [2.45, 2.75) is 24.3 Å². The fourth-order valence-corrected chi connectivity index (χ4v) is 2.93. The van der Waals surface area contributed by atoms with E-state index in [4.69, 9.17) is 0 Å². The van der Waals surface area contributed by atoms with Gasteiger partial charge in [-0.25, -0.2) is 9.49 Å². The molecule has 2 N–H and O–H groups in total. The molecule has 4 nitrogen and oxygen atoms in total. The molecule has 3 rings (SSSR count). The van der Waals surface area contributed by atoms with Crippen molar-refractivity contribution in [2.75, 3.05) is 5.32 Å². The molecule has 0 spiro atoms. The molecule has 0 bridgehead atoms. The molecule has 0 fully saturated rings. The first-order chi connectivity index (χ1) is 11.2. The molecule has 6 heteroatoms. The number of anilines is 2. The highest BCUT2D eigenvalue weighted by molar-refractivity contribution is 7.98. The number of nitrogens with one attached hydrogen (secondary N) is 2. The van der Waals surface area contributed by atoms with E-state index in [1.165, 1.54) is 29.5 Å². The highest BCUT2D eigenvalue weighted by atomic mass is 32.2. The number of hydrogen-bond donors (Lipinski definition) is 2. The molecule has 3 aromatic rings. The van der Waals surface area contributed by atoms with Gasteiger partial charge in [-0.2, -0.15) is 4.98 Å². The number of H-pyrrole nitrogens is 1. The van der Waals surface area contributed by atoms with Crippen molar-refractivity contribution in [1.82, 2.24) is 15.2 Å². The number of aromatic nitrogens is 3. The molecule has 118 valence electrons. The predicted octanol–water partition coefficient (Wildman–Crippen LogP) is 4.54. The summed E-state index contributed by atoms with van der Waals surface area (Å²) in [4.78, 5) is 4.42. The Hall–Kier alpha value is -2.34. The highest BCUT2D eigenvalue weighted by Gasteiger charge is 2.06. The van der Waals surface area contributed by atoms with Crippen LogP contribution in [0.4, 0.5) is 16.0 Å². The zero-order chi connectivity index (χ0) is 16.1. The Morgan fingerprint density at radius 3 is 2.70 bits per heavy atom. The van der Waals surface area contributed by atoms with E-state index in [9.17, 15) is 4.39 Å². The quantitative estimate of drug-likeness (QED) is 0.652. The summed E-state index contributed by atoms with van der Waals surface area (Å²) in [6.45, 7) is 2.12. The summed E-state index contributed by atoms with van der Waals surface area (Å²) in [5.41, 5.74) is 3.29. The summed E-state index contributed by atoms with van der Waals surface area (Å²) in [7, 11) is 0. The van der Waals surface area contributed by atoms with E-state index in [0.717, 1.165) is 17.7 Å². The number of halogens is 1. The minimum atomic E-state index is -0.224. The van der Waals surface area contributed by atoms with Gasteiger partial charge in [-0.3, -0.25) is 0 Å². The van der Waals surface area contributed by atoms with Crippen molar-refractivity contribution in [1.29, 1.82) is 0 Å². The van der Waals surface area contributed by atoms with Gasteiger partial charge in [0.25, 0.3) is 0 Å². The fourth-order valence-electron chi connectivity index (χ4n) is 2.17. The van der Waals surface area contributed by atoms with Crippen molar-refractivity contribution in [3.8, 4) is 0 Å². The summed E-state index contributed by atoms with van der Waals surface area (Å²) in [5.74, 6) is 1.09. The van der Waals surface area contributed by atoms with E-state index in [0.29, 0.717) is 16.9 Å². The van der Waals surface area contributed by atoms with Gasteiger partial charge in [0.1, 0.15) is 5.82 Å². The van der Waals surface area contributed by atoms with Crippen LogP contribution in [0, 0.1) is 5.82 Å². The predicted molar refractivity (Wildman–Crippen MR) is 91.4 cm³/mol. The second-order valence-corrected chi connectivity index (χ2v) is 5.96. The van der Waals surface area contributed by atoms with Gasteiger partial charge in [-0.05, 0) is 35.7 Å². The first-order valence-corrected chi connectivity index (χ1v) is 8.37. The van der Waals surface area contributed by atoms with E-state index >= 15 is 0 Å². The molecule has 1 heterocycles. The Morgan fingerprint density at radius 2 is 1.91 bits per heavy atom. The number of rotatable bonds is 6. The molecule has 0 aliphatic carbocycles. The summed E-state index contributed by atoms with van der Waals surface area (Å²) in [6.07, 6.45) is 0.948. The highest BCUT2D eigenvalue weighted by Crippen LogP contribution is 2.23. The average Bonchev–Trinajstić information content (AvgIpc) is 3.02. The third kappa shape index (κ3) is 4.10. The molecule has 0 unspecified atom stereocenters. The maximum Gasteiger partial charge on any atom is 0.223 e. The van der Waals surface area contributed by atoms with Crippen LogP contribution in [0.15, 0.2) is 53.7 Å². The topological polar surface area (TPSA) is 53.6 Å². The van der Waals surface area contributed by atoms with Crippen molar-refractivity contribution < 1.29 is 4.39 Å². The van der Waals surface area contributed by atoms with Crippen LogP contribution in [0.3, 0.4) is 0 Å². The second-order valence-electron chi connectivity index (χ2n) is 5.02. The molecular formula is C17H17FN4S. The fraction of sp³-hybridized carbons (Fsp3) is 0.176. The van der Waals surface area contributed by atoms with Crippen molar-refractivity contribution in [3.05, 3.63) is 65.5 Å². The third-order valence-corrected chi connectivity index (χ3v) is 4.32. The Labute approximate surface area is 138 Å². The normalized spacial score (nSPS) is 10.7. The first-order valence-electron chi connectivity index (χ1n) is 7.39. The first kappa shape index (κ1) is 15.6. The third-order valence-electron chi connectivity index (χ3n) is 3.40. The van der Waals surface area contributed by atoms with Gasteiger partial charge in [-0.1, -0.05) is 49.0 Å². The maximum absolute atomic E-state index is 12.9. The lowest BCUT2D eigenvalue weighted by molar-refractivity contribution is 0.627. The number of thioether (sulfide) groups is 1. The van der Waals surface area contributed by atoms with Crippen molar-refractivity contribution >= 4 is 23.4 Å². The Kier molecular flexibility index (Phi) is 4.92. The van der Waals surface area contributed by atoms with Crippen LogP contribution in [0.1, 0.15) is 18.1 Å². The Morgan fingerprint density at radius 1 is 1.13 bits per heavy atom. The molecule has 0 atom stereocenters. The number of benzene rings is 2. The second kappa shape index (κ2) is 7.28. The van der Waals surface area contributed by atoms with E-state index in [-0.39, 0.29) is 5.82 Å². The van der Waals surface area contributed by atoms with E-state index < -0.39 is 0 Å². The molecule has 23 heavy (non-hydrogen) atoms. The van der Waals surface area contributed by atoms with Crippen LogP contribution in [0.2, 0.25) is 0 Å². The zero-order valence-electron chi connectivity index (χ0n) is 12.7. The number of aryl methyl sites for hydroxylation is 1. The van der Waals surface area contributed by atoms with Gasteiger partial charge < -0.3 is 5.32 Å². The van der Waals surface area contributed by atoms with Gasteiger partial charge in [0, 0.05) is 11.4 Å². The molecule has 2 aromatic carbocycles. The molecule has 0 aliphatic heterocycles. The van der Waals surface area contributed by atoms with Gasteiger partial charge in [0.15, 0.2) is 0 Å². The average molecular weight is 328 g/mol. The molecule has 0 aliphatic rings. The number of aromatic amines is 1. The van der Waals surface area contributed by atoms with Gasteiger partial charge in [-0.15, -0.1) is 5.10 Å². The van der Waals surface area contributed by atoms with E-state index in [1.807, 2.05) is 18.2 Å². The molecule has 0 amide bonds. The number of nitrogens with zero attached hydrogens (tertiary/aromatic N) is 2. The number of hydrogen-bond acceptors (Lipinski definition) is 4. The summed E-state index contributed by atoms with van der Waals surface area (Å²) in [6, 6.07) is 14.6. The molecule has 0 saturated heterocycles. The van der Waals surface area contributed by atoms with Crippen LogP contribution in [-0.2, 0) is 12.2 Å². The van der Waals surface area contributed by atoms with Crippen LogP contribution < -0.4 is 5.32 Å². The van der Waals surface area contributed by atoms with Crippen molar-refractivity contribution in [3.63, 3.8) is 0 Å². The Balaban J connectivity index is 1.62. The van der Waals surface area contributed by atoms with Crippen LogP contribution in [-0.4, -0.2) is 15.2 Å². The minimum absolute atomic E-state index is 0.224. The molecule has 0 saturated carbocycles. The maximum atomic E-state index is 12.9. The minimum Gasteiger partial charge on any atom is -0.324 e. The van der Waals surface area contributed by atoms with Gasteiger partial charge in [0.2, 0.25) is 11.1 Å². The van der Waals surface area contributed by atoms with E-state index in [2.05, 4.69) is 33.5 Å². The van der Waals surface area contributed by atoms with Crippen LogP contribution >= 0.6 is 11.8 Å². The molecule has 0 radical (unpaired) electrons. The Bertz CT molecular complexity index is 770. The van der Waals surface area contributed by atoms with Gasteiger partial charge >= 0.3 is 0 Å². The van der Waals surface area contributed by atoms with Gasteiger partial charge in [0.05, 0.1) is 0 Å². The summed E-state index contributed by atoms with van der Waals surface area (Å²) < 4.78 is 12.9. The lowest BCUT2D eigenvalue weighted by Crippen LogP contribution is -1.96. The smallest absolute Gasteiger partial charge is 0.223 e. The van der Waals surface area contributed by atoms with E-state index in [1.54, 1.807) is 12.1 Å². The summed E-state index contributed by atoms with van der Waals surface area (Å²) in [5, 5.41) is 11.0. The SMILES string of the molecule is CCc1ccccc1Nc1nc(SCc2ccc(F)cc2)n[nH]1. The zero-order valence-corrected chi connectivity index (χ0v) is 13.5.